The third-order valence-corrected chi connectivity index (χ3v) is 4.84. The van der Waals surface area contributed by atoms with Crippen LogP contribution in [0.15, 0.2) is 24.3 Å². The van der Waals surface area contributed by atoms with Gasteiger partial charge in [0.2, 0.25) is 0 Å². The summed E-state index contributed by atoms with van der Waals surface area (Å²) in [6, 6.07) is 9.89. The van der Waals surface area contributed by atoms with E-state index in [2.05, 4.69) is 62.2 Å². The normalized spacial score (nSPS) is 23.0. The molecule has 118 valence electrons. The number of nitrogens with zero attached hydrogens (tertiary/aromatic N) is 1. The van der Waals surface area contributed by atoms with E-state index in [-0.39, 0.29) is 0 Å². The minimum Gasteiger partial charge on any atom is -0.307 e. The predicted octanol–water partition coefficient (Wildman–Crippen LogP) is 4.16. The van der Waals surface area contributed by atoms with E-state index in [9.17, 15) is 0 Å². The van der Waals surface area contributed by atoms with Gasteiger partial charge in [-0.3, -0.25) is 0 Å². The molecule has 1 aliphatic rings. The van der Waals surface area contributed by atoms with Crippen LogP contribution in [0.5, 0.6) is 0 Å². The van der Waals surface area contributed by atoms with Gasteiger partial charge in [-0.2, -0.15) is 0 Å². The van der Waals surface area contributed by atoms with Gasteiger partial charge in [0.1, 0.15) is 0 Å². The van der Waals surface area contributed by atoms with Crippen molar-refractivity contribution in [1.82, 2.24) is 10.2 Å². The summed E-state index contributed by atoms with van der Waals surface area (Å²) in [4.78, 5) is 2.64. The summed E-state index contributed by atoms with van der Waals surface area (Å²) in [7, 11) is 0. The summed E-state index contributed by atoms with van der Waals surface area (Å²) in [6.07, 6.45) is 4.00. The summed E-state index contributed by atoms with van der Waals surface area (Å²) < 4.78 is 0. The highest BCUT2D eigenvalue weighted by molar-refractivity contribution is 5.24. The number of piperidine rings is 1. The molecule has 2 heteroatoms. The van der Waals surface area contributed by atoms with Crippen molar-refractivity contribution in [2.45, 2.75) is 59.0 Å². The highest BCUT2D eigenvalue weighted by Crippen LogP contribution is 2.22. The summed E-state index contributed by atoms with van der Waals surface area (Å²) in [5, 5.41) is 3.83. The number of hydrogen-bond donors (Lipinski definition) is 1. The van der Waals surface area contributed by atoms with E-state index in [0.717, 1.165) is 5.92 Å². The Labute approximate surface area is 130 Å². The minimum absolute atomic E-state index is 0.432. The summed E-state index contributed by atoms with van der Waals surface area (Å²) in [6.45, 7) is 12.9. The van der Waals surface area contributed by atoms with E-state index in [1.807, 2.05) is 0 Å². The molecular weight excluding hydrogens is 256 g/mol. The maximum atomic E-state index is 3.83. The third-order valence-electron chi connectivity index (χ3n) is 4.84. The molecule has 1 aromatic carbocycles. The molecule has 1 N–H and O–H groups in total. The average molecular weight is 288 g/mol. The Morgan fingerprint density at radius 2 is 2.14 bits per heavy atom. The number of aryl methyl sites for hydroxylation is 1. The maximum absolute atomic E-state index is 3.83. The molecule has 0 aromatic heterocycles. The van der Waals surface area contributed by atoms with Crippen molar-refractivity contribution in [2.75, 3.05) is 19.6 Å². The summed E-state index contributed by atoms with van der Waals surface area (Å²) in [5.74, 6) is 0.789. The molecule has 0 bridgehead atoms. The van der Waals surface area contributed by atoms with Gasteiger partial charge in [0, 0.05) is 18.6 Å². The maximum Gasteiger partial charge on any atom is 0.0294 e. The average Bonchev–Trinajstić information content (AvgIpc) is 2.48. The molecule has 3 atom stereocenters. The largest absolute Gasteiger partial charge is 0.307 e. The smallest absolute Gasteiger partial charge is 0.0294 e. The van der Waals surface area contributed by atoms with Crippen molar-refractivity contribution in [3.8, 4) is 0 Å². The summed E-state index contributed by atoms with van der Waals surface area (Å²) in [5.41, 5.74) is 2.75. The van der Waals surface area contributed by atoms with Crippen LogP contribution in [-0.4, -0.2) is 30.6 Å². The number of rotatable bonds is 6. The quantitative estimate of drug-likeness (QED) is 0.845. The molecule has 2 rings (SSSR count). The zero-order chi connectivity index (χ0) is 15.2. The lowest BCUT2D eigenvalue weighted by atomic mass is 9.90. The van der Waals surface area contributed by atoms with E-state index in [0.29, 0.717) is 12.1 Å². The molecule has 0 spiro atoms. The van der Waals surface area contributed by atoms with E-state index in [4.69, 9.17) is 0 Å². The monoisotopic (exact) mass is 288 g/mol. The molecule has 0 aliphatic carbocycles. The second kappa shape index (κ2) is 7.95. The zero-order valence-corrected chi connectivity index (χ0v) is 14.2. The van der Waals surface area contributed by atoms with Gasteiger partial charge in [-0.05, 0) is 64.6 Å². The van der Waals surface area contributed by atoms with Gasteiger partial charge >= 0.3 is 0 Å². The van der Waals surface area contributed by atoms with Crippen LogP contribution in [0, 0.1) is 12.8 Å². The zero-order valence-electron chi connectivity index (χ0n) is 14.2. The van der Waals surface area contributed by atoms with Crippen molar-refractivity contribution in [1.29, 1.82) is 0 Å². The van der Waals surface area contributed by atoms with Crippen LogP contribution >= 0.6 is 0 Å². The van der Waals surface area contributed by atoms with Gasteiger partial charge in [0.15, 0.2) is 0 Å². The van der Waals surface area contributed by atoms with Crippen LogP contribution < -0.4 is 5.32 Å². The number of nitrogens with one attached hydrogen (secondary N) is 1. The highest BCUT2D eigenvalue weighted by atomic mass is 15.1. The predicted molar refractivity (Wildman–Crippen MR) is 91.6 cm³/mol. The fourth-order valence-electron chi connectivity index (χ4n) is 3.58. The van der Waals surface area contributed by atoms with Crippen LogP contribution in [0.3, 0.4) is 0 Å². The first-order valence-electron chi connectivity index (χ1n) is 8.65. The minimum atomic E-state index is 0.432. The van der Waals surface area contributed by atoms with E-state index in [1.165, 1.54) is 50.0 Å². The van der Waals surface area contributed by atoms with Crippen molar-refractivity contribution < 1.29 is 0 Å². The van der Waals surface area contributed by atoms with Crippen LogP contribution in [0.25, 0.3) is 0 Å². The molecule has 2 nitrogen and oxygen atoms in total. The Balaban J connectivity index is 1.89. The Morgan fingerprint density at radius 3 is 2.86 bits per heavy atom. The van der Waals surface area contributed by atoms with E-state index < -0.39 is 0 Å². The number of benzene rings is 1. The molecule has 0 radical (unpaired) electrons. The van der Waals surface area contributed by atoms with Gasteiger partial charge in [-0.1, -0.05) is 36.8 Å². The lowest BCUT2D eigenvalue weighted by Crippen LogP contribution is -2.45. The van der Waals surface area contributed by atoms with Gasteiger partial charge in [-0.15, -0.1) is 0 Å². The van der Waals surface area contributed by atoms with Crippen LogP contribution in [0.1, 0.15) is 57.2 Å². The molecule has 0 saturated carbocycles. The van der Waals surface area contributed by atoms with E-state index >= 15 is 0 Å². The van der Waals surface area contributed by atoms with E-state index in [1.54, 1.807) is 0 Å². The molecule has 1 aromatic rings. The standard InChI is InChI=1S/C19H32N2/c1-5-11-21-12-7-10-19(14-21)17(4)20-16(3)18-9-6-8-15(2)13-18/h6,8-9,13,16-17,19-20H,5,7,10-12,14H2,1-4H3/t16-,17?,19?/m0/s1. The van der Waals surface area contributed by atoms with Gasteiger partial charge < -0.3 is 10.2 Å². The Bertz CT molecular complexity index is 427. The first kappa shape index (κ1) is 16.5. The molecule has 0 amide bonds. The van der Waals surface area contributed by atoms with Crippen molar-refractivity contribution in [2.24, 2.45) is 5.92 Å². The first-order chi connectivity index (χ1) is 10.1. The van der Waals surface area contributed by atoms with Crippen LogP contribution in [-0.2, 0) is 0 Å². The van der Waals surface area contributed by atoms with Gasteiger partial charge in [-0.25, -0.2) is 0 Å². The Kier molecular flexibility index (Phi) is 6.25. The molecule has 1 aliphatic heterocycles. The van der Waals surface area contributed by atoms with Crippen molar-refractivity contribution >= 4 is 0 Å². The van der Waals surface area contributed by atoms with Crippen LogP contribution in [0.4, 0.5) is 0 Å². The number of likely N-dealkylation sites (tertiary alicyclic amines) is 1. The molecule has 1 saturated heterocycles. The van der Waals surface area contributed by atoms with Gasteiger partial charge in [0.25, 0.3) is 0 Å². The number of hydrogen-bond acceptors (Lipinski definition) is 2. The first-order valence-corrected chi connectivity index (χ1v) is 8.65. The lowest BCUT2D eigenvalue weighted by Gasteiger charge is -2.37. The SMILES string of the molecule is CCCN1CCCC(C(C)N[C@@H](C)c2cccc(C)c2)C1. The van der Waals surface area contributed by atoms with Crippen LogP contribution in [0.2, 0.25) is 0 Å². The summed E-state index contributed by atoms with van der Waals surface area (Å²) >= 11 is 0. The molecule has 1 heterocycles. The van der Waals surface area contributed by atoms with Gasteiger partial charge in [0.05, 0.1) is 0 Å². The molecule has 21 heavy (non-hydrogen) atoms. The molecule has 1 fully saturated rings. The fraction of sp³-hybridized carbons (Fsp3) is 0.684. The van der Waals surface area contributed by atoms with Crippen molar-refractivity contribution in [3.63, 3.8) is 0 Å². The van der Waals surface area contributed by atoms with Crippen molar-refractivity contribution in [3.05, 3.63) is 35.4 Å². The lowest BCUT2D eigenvalue weighted by molar-refractivity contribution is 0.147. The second-order valence-electron chi connectivity index (χ2n) is 6.79. The molecular formula is C19H32N2. The highest BCUT2D eigenvalue weighted by Gasteiger charge is 2.25. The fourth-order valence-corrected chi connectivity index (χ4v) is 3.58. The Hall–Kier alpha value is -0.860. The Morgan fingerprint density at radius 1 is 1.33 bits per heavy atom. The topological polar surface area (TPSA) is 15.3 Å². The molecule has 2 unspecified atom stereocenters. The second-order valence-corrected chi connectivity index (χ2v) is 6.79. The third kappa shape index (κ3) is 4.82.